The fourth-order valence-electron chi connectivity index (χ4n) is 1.89. The highest BCUT2D eigenvalue weighted by molar-refractivity contribution is 5.28. The van der Waals surface area contributed by atoms with Crippen molar-refractivity contribution in [3.63, 3.8) is 0 Å². The predicted octanol–water partition coefficient (Wildman–Crippen LogP) is 0.932. The number of rotatable bonds is 4. The summed E-state index contributed by atoms with van der Waals surface area (Å²) in [6, 6.07) is 0.300. The fraction of sp³-hybridized carbons (Fsp3) is 0.727. The summed E-state index contributed by atoms with van der Waals surface area (Å²) < 4.78 is 0. The summed E-state index contributed by atoms with van der Waals surface area (Å²) in [4.78, 5) is 4.44. The number of nitrogens with one attached hydrogen (secondary N) is 1. The van der Waals surface area contributed by atoms with Crippen LogP contribution in [0.5, 0.6) is 0 Å². The molecule has 0 aromatic carbocycles. The van der Waals surface area contributed by atoms with Crippen molar-refractivity contribution in [2.45, 2.75) is 51.7 Å². The minimum absolute atomic E-state index is 0.161. The molecule has 1 aromatic rings. The lowest BCUT2D eigenvalue weighted by Crippen LogP contribution is -2.39. The molecule has 5 heteroatoms. The number of hydrogen-bond donors (Lipinski definition) is 2. The first-order valence-electron chi connectivity index (χ1n) is 5.90. The minimum atomic E-state index is -0.161. The van der Waals surface area contributed by atoms with Crippen LogP contribution in [0.2, 0.25) is 0 Å². The van der Waals surface area contributed by atoms with Gasteiger partial charge in [-0.2, -0.15) is 5.10 Å². The summed E-state index contributed by atoms with van der Waals surface area (Å²) in [5, 5.41) is 20.6. The van der Waals surface area contributed by atoms with Crippen molar-refractivity contribution in [3.8, 4) is 0 Å². The van der Waals surface area contributed by atoms with Crippen LogP contribution in [0.4, 0.5) is 5.95 Å². The number of aliphatic hydroxyl groups is 1. The van der Waals surface area contributed by atoms with Gasteiger partial charge in [0, 0.05) is 6.04 Å². The van der Waals surface area contributed by atoms with Crippen LogP contribution in [0.3, 0.4) is 0 Å². The Labute approximate surface area is 95.3 Å². The summed E-state index contributed by atoms with van der Waals surface area (Å²) in [5.41, 5.74) is 1.99. The van der Waals surface area contributed by atoms with Gasteiger partial charge in [-0.25, -0.2) is 4.98 Å². The predicted molar refractivity (Wildman–Crippen MR) is 61.2 cm³/mol. The molecule has 16 heavy (non-hydrogen) atoms. The number of hydrogen-bond acceptors (Lipinski definition) is 5. The molecule has 0 spiro atoms. The molecule has 0 radical (unpaired) electrons. The van der Waals surface area contributed by atoms with Gasteiger partial charge >= 0.3 is 0 Å². The van der Waals surface area contributed by atoms with Gasteiger partial charge in [0.1, 0.15) is 0 Å². The molecule has 0 aliphatic heterocycles. The topological polar surface area (TPSA) is 70.9 Å². The highest BCUT2D eigenvalue weighted by Crippen LogP contribution is 2.22. The smallest absolute Gasteiger partial charge is 0.243 e. The van der Waals surface area contributed by atoms with Crippen molar-refractivity contribution in [2.75, 3.05) is 5.32 Å². The molecular weight excluding hydrogens is 204 g/mol. The molecule has 88 valence electrons. The highest BCUT2D eigenvalue weighted by atomic mass is 16.3. The zero-order valence-corrected chi connectivity index (χ0v) is 9.77. The average Bonchev–Trinajstić information content (AvgIpc) is 2.27. The summed E-state index contributed by atoms with van der Waals surface area (Å²) in [5.74, 6) is 0.589. The van der Waals surface area contributed by atoms with E-state index in [-0.39, 0.29) is 6.10 Å². The average molecular weight is 222 g/mol. The Morgan fingerprint density at radius 1 is 1.19 bits per heavy atom. The van der Waals surface area contributed by atoms with Gasteiger partial charge in [0.05, 0.1) is 17.5 Å². The largest absolute Gasteiger partial charge is 0.393 e. The third-order valence-electron chi connectivity index (χ3n) is 2.96. The van der Waals surface area contributed by atoms with Crippen molar-refractivity contribution < 1.29 is 5.11 Å². The van der Waals surface area contributed by atoms with Gasteiger partial charge in [-0.15, -0.1) is 5.10 Å². The Morgan fingerprint density at radius 2 is 1.88 bits per heavy atom. The van der Waals surface area contributed by atoms with E-state index in [0.29, 0.717) is 12.0 Å². The number of nitrogens with zero attached hydrogens (tertiary/aromatic N) is 3. The van der Waals surface area contributed by atoms with Crippen LogP contribution in [-0.2, 0) is 12.8 Å². The van der Waals surface area contributed by atoms with Gasteiger partial charge in [0.2, 0.25) is 5.95 Å². The van der Waals surface area contributed by atoms with Crippen molar-refractivity contribution in [1.82, 2.24) is 15.2 Å². The monoisotopic (exact) mass is 222 g/mol. The van der Waals surface area contributed by atoms with Gasteiger partial charge in [-0.3, -0.25) is 0 Å². The van der Waals surface area contributed by atoms with Crippen LogP contribution in [0.25, 0.3) is 0 Å². The van der Waals surface area contributed by atoms with E-state index >= 15 is 0 Å². The quantitative estimate of drug-likeness (QED) is 0.793. The summed E-state index contributed by atoms with van der Waals surface area (Å²) in [6.07, 6.45) is 3.14. The van der Waals surface area contributed by atoms with Gasteiger partial charge in [0.15, 0.2) is 0 Å². The molecule has 1 saturated carbocycles. The second-order valence-corrected chi connectivity index (χ2v) is 4.20. The molecule has 0 atom stereocenters. The molecule has 1 aliphatic rings. The van der Waals surface area contributed by atoms with Crippen molar-refractivity contribution >= 4 is 5.95 Å². The van der Waals surface area contributed by atoms with Crippen LogP contribution in [0.1, 0.15) is 38.1 Å². The SMILES string of the molecule is CCc1nnc(NC2CC(O)C2)nc1CC. The van der Waals surface area contributed by atoms with Gasteiger partial charge in [-0.1, -0.05) is 13.8 Å². The molecule has 0 unspecified atom stereocenters. The van der Waals surface area contributed by atoms with Gasteiger partial charge < -0.3 is 10.4 Å². The molecular formula is C11H18N4O. The first kappa shape index (κ1) is 11.3. The first-order chi connectivity index (χ1) is 7.72. The number of aromatic nitrogens is 3. The standard InChI is InChI=1S/C11H18N4O/c1-3-9-10(4-2)14-15-11(13-9)12-7-5-8(16)6-7/h7-8,16H,3-6H2,1-2H3,(H,12,13,15). The van der Waals surface area contributed by atoms with Crippen LogP contribution in [0, 0.1) is 0 Å². The maximum atomic E-state index is 9.18. The number of aliphatic hydroxyl groups excluding tert-OH is 1. The van der Waals surface area contributed by atoms with Gasteiger partial charge in [-0.05, 0) is 25.7 Å². The Morgan fingerprint density at radius 3 is 2.44 bits per heavy atom. The lowest BCUT2D eigenvalue weighted by molar-refractivity contribution is 0.0833. The first-order valence-corrected chi connectivity index (χ1v) is 5.90. The normalized spacial score (nSPS) is 23.9. The maximum Gasteiger partial charge on any atom is 0.243 e. The van der Waals surface area contributed by atoms with E-state index in [2.05, 4.69) is 34.3 Å². The molecule has 1 aromatic heterocycles. The van der Waals surface area contributed by atoms with Crippen LogP contribution >= 0.6 is 0 Å². The van der Waals surface area contributed by atoms with E-state index in [1.54, 1.807) is 0 Å². The molecule has 0 saturated heterocycles. The molecule has 0 amide bonds. The maximum absolute atomic E-state index is 9.18. The Bertz CT molecular complexity index is 363. The van der Waals surface area contributed by atoms with Crippen molar-refractivity contribution in [1.29, 1.82) is 0 Å². The summed E-state index contributed by atoms with van der Waals surface area (Å²) in [6.45, 7) is 4.13. The van der Waals surface area contributed by atoms with Crippen molar-refractivity contribution in [3.05, 3.63) is 11.4 Å². The Kier molecular flexibility index (Phi) is 3.33. The molecule has 1 heterocycles. The van der Waals surface area contributed by atoms with E-state index in [0.717, 1.165) is 37.1 Å². The number of aryl methyl sites for hydroxylation is 2. The van der Waals surface area contributed by atoms with Crippen LogP contribution in [0.15, 0.2) is 0 Å². The highest BCUT2D eigenvalue weighted by Gasteiger charge is 2.27. The molecule has 0 bridgehead atoms. The lowest BCUT2D eigenvalue weighted by Gasteiger charge is -2.31. The zero-order valence-electron chi connectivity index (χ0n) is 9.77. The molecule has 1 aliphatic carbocycles. The van der Waals surface area contributed by atoms with E-state index in [1.807, 2.05) is 0 Å². The lowest BCUT2D eigenvalue weighted by atomic mass is 9.90. The third-order valence-corrected chi connectivity index (χ3v) is 2.96. The molecule has 1 fully saturated rings. The molecule has 2 rings (SSSR count). The van der Waals surface area contributed by atoms with Gasteiger partial charge in [0.25, 0.3) is 0 Å². The Hall–Kier alpha value is -1.23. The van der Waals surface area contributed by atoms with E-state index in [4.69, 9.17) is 0 Å². The zero-order chi connectivity index (χ0) is 11.5. The molecule has 5 nitrogen and oxygen atoms in total. The summed E-state index contributed by atoms with van der Waals surface area (Å²) in [7, 11) is 0. The summed E-state index contributed by atoms with van der Waals surface area (Å²) >= 11 is 0. The van der Waals surface area contributed by atoms with Crippen LogP contribution in [-0.4, -0.2) is 32.4 Å². The van der Waals surface area contributed by atoms with E-state index in [1.165, 1.54) is 0 Å². The van der Waals surface area contributed by atoms with Crippen LogP contribution < -0.4 is 5.32 Å². The van der Waals surface area contributed by atoms with E-state index in [9.17, 15) is 5.11 Å². The third kappa shape index (κ3) is 2.29. The number of anilines is 1. The fourth-order valence-corrected chi connectivity index (χ4v) is 1.89. The second-order valence-electron chi connectivity index (χ2n) is 4.20. The van der Waals surface area contributed by atoms with Crippen molar-refractivity contribution in [2.24, 2.45) is 0 Å². The molecule has 2 N–H and O–H groups in total. The van der Waals surface area contributed by atoms with E-state index < -0.39 is 0 Å². The second kappa shape index (κ2) is 4.74. The Balaban J connectivity index is 2.04. The minimum Gasteiger partial charge on any atom is -0.393 e.